The second-order valence-corrected chi connectivity index (χ2v) is 6.43. The van der Waals surface area contributed by atoms with Crippen LogP contribution in [-0.4, -0.2) is 12.4 Å². The van der Waals surface area contributed by atoms with Crippen LogP contribution >= 0.6 is 0 Å². The molecule has 4 nitrogen and oxygen atoms in total. The van der Waals surface area contributed by atoms with E-state index in [2.05, 4.69) is 0 Å². The van der Waals surface area contributed by atoms with Crippen LogP contribution in [0.15, 0.2) is 51.7 Å². The van der Waals surface area contributed by atoms with Gasteiger partial charge in [0.15, 0.2) is 12.4 Å². The maximum absolute atomic E-state index is 12.9. The van der Waals surface area contributed by atoms with Crippen LogP contribution in [0.2, 0.25) is 0 Å². The molecule has 0 N–H and O–H groups in total. The van der Waals surface area contributed by atoms with Crippen molar-refractivity contribution in [3.05, 3.63) is 75.4 Å². The highest BCUT2D eigenvalue weighted by molar-refractivity contribution is 5.97. The summed E-state index contributed by atoms with van der Waals surface area (Å²) in [6.45, 7) is -0.174. The topological polar surface area (TPSA) is 56.5 Å². The van der Waals surface area contributed by atoms with Gasteiger partial charge in [-0.05, 0) is 67.6 Å². The van der Waals surface area contributed by atoms with Gasteiger partial charge >= 0.3 is 5.63 Å². The van der Waals surface area contributed by atoms with E-state index in [4.69, 9.17) is 9.15 Å². The molecular weight excluding hydrogens is 335 g/mol. The van der Waals surface area contributed by atoms with E-state index in [1.165, 1.54) is 24.3 Å². The number of benzene rings is 2. The summed E-state index contributed by atoms with van der Waals surface area (Å²) in [6.07, 6.45) is 3.71. The fourth-order valence-electron chi connectivity index (χ4n) is 3.38. The number of aryl methyl sites for hydroxylation is 1. The van der Waals surface area contributed by atoms with Crippen molar-refractivity contribution < 1.29 is 18.3 Å². The molecule has 1 aliphatic rings. The van der Waals surface area contributed by atoms with Gasteiger partial charge in [0.1, 0.15) is 17.1 Å². The number of halogens is 1. The Hall–Kier alpha value is -2.95. The molecular formula is C21H17FO4. The van der Waals surface area contributed by atoms with Crippen molar-refractivity contribution >= 4 is 16.8 Å². The molecule has 2 aromatic carbocycles. The van der Waals surface area contributed by atoms with E-state index in [-0.39, 0.29) is 18.0 Å². The van der Waals surface area contributed by atoms with Gasteiger partial charge in [0.2, 0.25) is 0 Å². The van der Waals surface area contributed by atoms with Crippen molar-refractivity contribution in [2.45, 2.75) is 25.7 Å². The number of ketones is 1. The minimum atomic E-state index is -0.393. The summed E-state index contributed by atoms with van der Waals surface area (Å²) in [7, 11) is 0. The Morgan fingerprint density at radius 3 is 2.54 bits per heavy atom. The first-order valence-corrected chi connectivity index (χ1v) is 8.62. The molecule has 0 unspecified atom stereocenters. The second-order valence-electron chi connectivity index (χ2n) is 6.43. The van der Waals surface area contributed by atoms with Crippen LogP contribution in [0.4, 0.5) is 4.39 Å². The smallest absolute Gasteiger partial charge is 0.339 e. The minimum Gasteiger partial charge on any atom is -0.485 e. The molecule has 3 aromatic rings. The van der Waals surface area contributed by atoms with E-state index >= 15 is 0 Å². The standard InChI is InChI=1S/C21H17FO4/c22-14-7-5-13(6-8-14)19(23)12-25-15-9-10-17-16-3-1-2-4-18(16)21(24)26-20(17)11-15/h5-11H,1-4,12H2. The predicted octanol–water partition coefficient (Wildman–Crippen LogP) is 4.07. The first-order valence-electron chi connectivity index (χ1n) is 8.62. The zero-order valence-electron chi connectivity index (χ0n) is 14.1. The summed E-state index contributed by atoms with van der Waals surface area (Å²) < 4.78 is 23.9. The molecule has 0 atom stereocenters. The maximum atomic E-state index is 12.9. The Morgan fingerprint density at radius 1 is 1.04 bits per heavy atom. The summed E-state index contributed by atoms with van der Waals surface area (Å²) in [6, 6.07) is 10.6. The molecule has 0 aliphatic heterocycles. The number of carbonyl (C=O) groups excluding carboxylic acids is 1. The van der Waals surface area contributed by atoms with E-state index in [0.717, 1.165) is 42.2 Å². The van der Waals surface area contributed by atoms with Crippen molar-refractivity contribution in [2.24, 2.45) is 0 Å². The third kappa shape index (κ3) is 3.12. The van der Waals surface area contributed by atoms with Gasteiger partial charge in [-0.1, -0.05) is 0 Å². The van der Waals surface area contributed by atoms with Crippen molar-refractivity contribution in [3.63, 3.8) is 0 Å². The summed E-state index contributed by atoms with van der Waals surface area (Å²) in [5, 5.41) is 0.927. The van der Waals surface area contributed by atoms with E-state index in [1.54, 1.807) is 12.1 Å². The number of fused-ring (bicyclic) bond motifs is 3. The molecule has 1 heterocycles. The monoisotopic (exact) mass is 352 g/mol. The summed E-state index contributed by atoms with van der Waals surface area (Å²) >= 11 is 0. The lowest BCUT2D eigenvalue weighted by Gasteiger charge is -2.16. The lowest BCUT2D eigenvalue weighted by molar-refractivity contribution is 0.0921. The molecule has 132 valence electrons. The van der Waals surface area contributed by atoms with Gasteiger partial charge in [-0.25, -0.2) is 9.18 Å². The molecule has 1 aliphatic carbocycles. The van der Waals surface area contributed by atoms with Gasteiger partial charge in [0.25, 0.3) is 0 Å². The first kappa shape index (κ1) is 16.5. The van der Waals surface area contributed by atoms with E-state index in [1.807, 2.05) is 6.07 Å². The zero-order valence-corrected chi connectivity index (χ0v) is 14.1. The van der Waals surface area contributed by atoms with Crippen molar-refractivity contribution in [1.82, 2.24) is 0 Å². The lowest BCUT2D eigenvalue weighted by Crippen LogP contribution is -2.16. The summed E-state index contributed by atoms with van der Waals surface area (Å²) in [5.74, 6) is -0.195. The quantitative estimate of drug-likeness (QED) is 0.525. The Labute approximate surface area is 149 Å². The van der Waals surface area contributed by atoms with Crippen LogP contribution in [0.25, 0.3) is 11.0 Å². The largest absolute Gasteiger partial charge is 0.485 e. The maximum Gasteiger partial charge on any atom is 0.339 e. The van der Waals surface area contributed by atoms with Gasteiger partial charge in [0.05, 0.1) is 0 Å². The number of rotatable bonds is 4. The predicted molar refractivity (Wildman–Crippen MR) is 95.4 cm³/mol. The molecule has 26 heavy (non-hydrogen) atoms. The van der Waals surface area contributed by atoms with E-state index in [9.17, 15) is 14.0 Å². The van der Waals surface area contributed by atoms with E-state index < -0.39 is 5.82 Å². The Balaban J connectivity index is 1.57. The van der Waals surface area contributed by atoms with Gasteiger partial charge in [-0.15, -0.1) is 0 Å². The van der Waals surface area contributed by atoms with Crippen molar-refractivity contribution in [3.8, 4) is 5.75 Å². The Kier molecular flexibility index (Phi) is 4.29. The normalized spacial score (nSPS) is 13.4. The highest BCUT2D eigenvalue weighted by Crippen LogP contribution is 2.29. The minimum absolute atomic E-state index is 0.174. The highest BCUT2D eigenvalue weighted by Gasteiger charge is 2.18. The first-order chi connectivity index (χ1) is 12.6. The number of hydrogen-bond acceptors (Lipinski definition) is 4. The fourth-order valence-corrected chi connectivity index (χ4v) is 3.38. The van der Waals surface area contributed by atoms with Crippen LogP contribution < -0.4 is 10.4 Å². The molecule has 5 heteroatoms. The van der Waals surface area contributed by atoms with Crippen LogP contribution in [-0.2, 0) is 12.8 Å². The molecule has 0 radical (unpaired) electrons. The van der Waals surface area contributed by atoms with Gasteiger partial charge in [-0.3, -0.25) is 4.79 Å². The molecule has 0 saturated heterocycles. The number of hydrogen-bond donors (Lipinski definition) is 0. The van der Waals surface area contributed by atoms with E-state index in [0.29, 0.717) is 16.9 Å². The van der Waals surface area contributed by atoms with Gasteiger partial charge in [0, 0.05) is 22.6 Å². The SMILES string of the molecule is O=C(COc1ccc2c3c(c(=O)oc2c1)CCCC3)c1ccc(F)cc1. The summed E-state index contributed by atoms with van der Waals surface area (Å²) in [5.41, 5.74) is 2.42. The van der Waals surface area contributed by atoms with Crippen LogP contribution in [0, 0.1) is 5.82 Å². The number of carbonyl (C=O) groups is 1. The number of Topliss-reactive ketones (excluding diaryl/α,β-unsaturated/α-hetero) is 1. The molecule has 4 rings (SSSR count). The third-order valence-corrected chi connectivity index (χ3v) is 4.73. The highest BCUT2D eigenvalue weighted by atomic mass is 19.1. The fraction of sp³-hybridized carbons (Fsp3) is 0.238. The Morgan fingerprint density at radius 2 is 1.77 bits per heavy atom. The second kappa shape index (κ2) is 6.75. The van der Waals surface area contributed by atoms with Crippen molar-refractivity contribution in [1.29, 1.82) is 0 Å². The molecule has 0 saturated carbocycles. The van der Waals surface area contributed by atoms with Gasteiger partial charge in [-0.2, -0.15) is 0 Å². The van der Waals surface area contributed by atoms with Crippen LogP contribution in [0.1, 0.15) is 34.3 Å². The summed E-state index contributed by atoms with van der Waals surface area (Å²) in [4.78, 5) is 24.3. The van der Waals surface area contributed by atoms with Gasteiger partial charge < -0.3 is 9.15 Å². The van der Waals surface area contributed by atoms with Crippen LogP contribution in [0.5, 0.6) is 5.75 Å². The molecule has 0 fully saturated rings. The zero-order chi connectivity index (χ0) is 18.1. The number of ether oxygens (including phenoxy) is 1. The molecule has 0 amide bonds. The average molecular weight is 352 g/mol. The third-order valence-electron chi connectivity index (χ3n) is 4.73. The average Bonchev–Trinajstić information content (AvgIpc) is 2.67. The van der Waals surface area contributed by atoms with Crippen LogP contribution in [0.3, 0.4) is 0 Å². The molecule has 1 aromatic heterocycles. The molecule has 0 bridgehead atoms. The lowest BCUT2D eigenvalue weighted by atomic mass is 9.91. The van der Waals surface area contributed by atoms with Crippen molar-refractivity contribution in [2.75, 3.05) is 6.61 Å². The molecule has 0 spiro atoms. The Bertz CT molecular complexity index is 1030.